The van der Waals surface area contributed by atoms with Crippen LogP contribution in [0, 0.1) is 0 Å². The monoisotopic (exact) mass is 221 g/mol. The van der Waals surface area contributed by atoms with Crippen molar-refractivity contribution in [1.29, 1.82) is 0 Å². The Bertz CT molecular complexity index is 402. The second-order valence-corrected chi connectivity index (χ2v) is 3.31. The van der Waals surface area contributed by atoms with Gasteiger partial charge in [0.15, 0.2) is 0 Å². The Kier molecular flexibility index (Phi) is 4.32. The maximum Gasteiger partial charge on any atom is 0.332 e. The van der Waals surface area contributed by atoms with Crippen LogP contribution in [-0.2, 0) is 6.42 Å². The van der Waals surface area contributed by atoms with Crippen molar-refractivity contribution in [2.24, 2.45) is 10.8 Å². The smallest absolute Gasteiger partial charge is 0.332 e. The number of nitrogens with one attached hydrogen (secondary N) is 1. The number of methoxy groups -OCH3 is 1. The summed E-state index contributed by atoms with van der Waals surface area (Å²) in [7, 11) is 1.62. The molecule has 5 nitrogen and oxygen atoms in total. The van der Waals surface area contributed by atoms with Gasteiger partial charge in [-0.05, 0) is 18.6 Å². The molecule has 0 aliphatic rings. The lowest BCUT2D eigenvalue weighted by Gasteiger charge is -2.07. The predicted molar refractivity (Wildman–Crippen MR) is 62.5 cm³/mol. The number of hydrogen-bond donors (Lipinski definition) is 2. The zero-order valence-electron chi connectivity index (χ0n) is 9.36. The highest BCUT2D eigenvalue weighted by Crippen LogP contribution is 2.17. The zero-order chi connectivity index (χ0) is 12.0. The van der Waals surface area contributed by atoms with Crippen molar-refractivity contribution in [2.45, 2.75) is 13.3 Å². The molecule has 0 saturated heterocycles. The molecule has 0 unspecified atom stereocenters. The number of amides is 2. The highest BCUT2D eigenvalue weighted by Gasteiger charge is 2.03. The van der Waals surface area contributed by atoms with E-state index in [1.54, 1.807) is 7.11 Å². The van der Waals surface area contributed by atoms with Crippen molar-refractivity contribution < 1.29 is 9.53 Å². The van der Waals surface area contributed by atoms with Gasteiger partial charge in [0, 0.05) is 12.1 Å². The van der Waals surface area contributed by atoms with Crippen LogP contribution >= 0.6 is 0 Å². The first-order chi connectivity index (χ1) is 7.63. The molecule has 3 N–H and O–H groups in total. The molecule has 0 aromatic heterocycles. The minimum atomic E-state index is -0.667. The second-order valence-electron chi connectivity index (χ2n) is 3.31. The zero-order valence-corrected chi connectivity index (χ0v) is 9.36. The van der Waals surface area contributed by atoms with Crippen molar-refractivity contribution >= 4 is 11.7 Å². The number of para-hydroxylation sites is 1. The van der Waals surface area contributed by atoms with Crippen LogP contribution in [0.2, 0.25) is 0 Å². The van der Waals surface area contributed by atoms with Gasteiger partial charge in [-0.2, -0.15) is 5.10 Å². The highest BCUT2D eigenvalue weighted by atomic mass is 16.5. The average molecular weight is 221 g/mol. The van der Waals surface area contributed by atoms with Gasteiger partial charge < -0.3 is 10.5 Å². The summed E-state index contributed by atoms with van der Waals surface area (Å²) >= 11 is 0. The Labute approximate surface area is 94.3 Å². The average Bonchev–Trinajstić information content (AvgIpc) is 2.27. The third-order valence-corrected chi connectivity index (χ3v) is 2.00. The molecule has 0 heterocycles. The molecule has 0 fully saturated rings. The number of primary amides is 1. The van der Waals surface area contributed by atoms with Gasteiger partial charge in [0.1, 0.15) is 5.75 Å². The van der Waals surface area contributed by atoms with Gasteiger partial charge in [0.25, 0.3) is 0 Å². The Morgan fingerprint density at radius 1 is 1.50 bits per heavy atom. The van der Waals surface area contributed by atoms with Crippen LogP contribution in [-0.4, -0.2) is 18.9 Å². The lowest BCUT2D eigenvalue weighted by molar-refractivity contribution is 0.249. The number of ether oxygens (including phenoxy) is 1. The first-order valence-corrected chi connectivity index (χ1v) is 4.84. The molecular weight excluding hydrogens is 206 g/mol. The molecule has 5 heteroatoms. The van der Waals surface area contributed by atoms with Gasteiger partial charge in [-0.15, -0.1) is 0 Å². The van der Waals surface area contributed by atoms with Crippen molar-refractivity contribution in [3.8, 4) is 5.75 Å². The Hall–Kier alpha value is -2.04. The Morgan fingerprint density at radius 2 is 2.19 bits per heavy atom. The van der Waals surface area contributed by atoms with Crippen molar-refractivity contribution in [1.82, 2.24) is 5.43 Å². The van der Waals surface area contributed by atoms with E-state index in [-0.39, 0.29) is 0 Å². The summed E-state index contributed by atoms with van der Waals surface area (Å²) in [5.41, 5.74) is 8.86. The largest absolute Gasteiger partial charge is 0.496 e. The van der Waals surface area contributed by atoms with Crippen LogP contribution in [0.15, 0.2) is 29.4 Å². The Balaban J connectivity index is 2.72. The summed E-state index contributed by atoms with van der Waals surface area (Å²) in [5, 5.41) is 3.83. The fraction of sp³-hybridized carbons (Fsp3) is 0.273. The Morgan fingerprint density at radius 3 is 2.81 bits per heavy atom. The normalized spacial score (nSPS) is 11.0. The van der Waals surface area contributed by atoms with Crippen LogP contribution in [0.1, 0.15) is 12.5 Å². The van der Waals surface area contributed by atoms with Gasteiger partial charge in [-0.3, -0.25) is 0 Å². The summed E-state index contributed by atoms with van der Waals surface area (Å²) in [4.78, 5) is 10.5. The summed E-state index contributed by atoms with van der Waals surface area (Å²) < 4.78 is 5.20. The lowest BCUT2D eigenvalue weighted by atomic mass is 10.1. The fourth-order valence-electron chi connectivity index (χ4n) is 1.31. The summed E-state index contributed by atoms with van der Waals surface area (Å²) in [6.07, 6.45) is 0.601. The maximum absolute atomic E-state index is 10.5. The quantitative estimate of drug-likeness (QED) is 0.593. The molecule has 0 bridgehead atoms. The van der Waals surface area contributed by atoms with Crippen molar-refractivity contribution in [3.05, 3.63) is 29.8 Å². The second kappa shape index (κ2) is 5.75. The third-order valence-electron chi connectivity index (χ3n) is 2.00. The molecule has 0 saturated carbocycles. The topological polar surface area (TPSA) is 76.7 Å². The van der Waals surface area contributed by atoms with Gasteiger partial charge in [0.05, 0.1) is 7.11 Å². The SMILES string of the molecule is COc1ccccc1CC(C)=NNC(N)=O. The van der Waals surface area contributed by atoms with E-state index in [0.717, 1.165) is 17.0 Å². The van der Waals surface area contributed by atoms with Crippen molar-refractivity contribution in [3.63, 3.8) is 0 Å². The number of nitrogens with two attached hydrogens (primary N) is 1. The first-order valence-electron chi connectivity index (χ1n) is 4.84. The van der Waals surface area contributed by atoms with E-state index in [0.29, 0.717) is 6.42 Å². The summed E-state index contributed by atoms with van der Waals surface area (Å²) in [6.45, 7) is 1.81. The summed E-state index contributed by atoms with van der Waals surface area (Å²) in [6, 6.07) is 6.98. The van der Waals surface area contributed by atoms with Crippen LogP contribution in [0.3, 0.4) is 0 Å². The third kappa shape index (κ3) is 3.61. The van der Waals surface area contributed by atoms with Gasteiger partial charge in [0.2, 0.25) is 0 Å². The van der Waals surface area contributed by atoms with Crippen LogP contribution in [0.25, 0.3) is 0 Å². The fourth-order valence-corrected chi connectivity index (χ4v) is 1.31. The first kappa shape index (κ1) is 12.0. The molecule has 1 rings (SSSR count). The number of carbonyl (C=O) groups is 1. The van der Waals surface area contributed by atoms with E-state index in [9.17, 15) is 4.79 Å². The number of hydrazone groups is 1. The molecule has 0 aliphatic carbocycles. The van der Waals surface area contributed by atoms with E-state index in [1.807, 2.05) is 31.2 Å². The standard InChI is InChI=1S/C11H15N3O2/c1-8(13-14-11(12)15)7-9-5-3-4-6-10(9)16-2/h3-6H,7H2,1-2H3,(H3,12,14,15). The van der Waals surface area contributed by atoms with Crippen LogP contribution in [0.4, 0.5) is 4.79 Å². The minimum Gasteiger partial charge on any atom is -0.496 e. The molecule has 0 spiro atoms. The maximum atomic E-state index is 10.5. The van der Waals surface area contributed by atoms with E-state index in [2.05, 4.69) is 10.5 Å². The van der Waals surface area contributed by atoms with Gasteiger partial charge in [-0.25, -0.2) is 10.2 Å². The number of urea groups is 1. The highest BCUT2D eigenvalue weighted by molar-refractivity contribution is 5.86. The molecule has 1 aromatic rings. The van der Waals surface area contributed by atoms with Crippen molar-refractivity contribution in [2.75, 3.05) is 7.11 Å². The van der Waals surface area contributed by atoms with Gasteiger partial charge in [-0.1, -0.05) is 18.2 Å². The van der Waals surface area contributed by atoms with E-state index in [4.69, 9.17) is 10.5 Å². The summed E-state index contributed by atoms with van der Waals surface area (Å²) in [5.74, 6) is 0.802. The van der Waals surface area contributed by atoms with Gasteiger partial charge >= 0.3 is 6.03 Å². The lowest BCUT2D eigenvalue weighted by Crippen LogP contribution is -2.25. The molecular formula is C11H15N3O2. The number of hydrogen-bond acceptors (Lipinski definition) is 3. The number of nitrogens with zero attached hydrogens (tertiary/aromatic N) is 1. The molecule has 1 aromatic carbocycles. The van der Waals surface area contributed by atoms with Crippen LogP contribution in [0.5, 0.6) is 5.75 Å². The van der Waals surface area contributed by atoms with E-state index in [1.165, 1.54) is 0 Å². The number of benzene rings is 1. The molecule has 0 atom stereocenters. The molecule has 0 radical (unpaired) electrons. The molecule has 0 aliphatic heterocycles. The predicted octanol–water partition coefficient (Wildman–Crippen LogP) is 1.28. The van der Waals surface area contributed by atoms with Crippen LogP contribution < -0.4 is 15.9 Å². The number of rotatable bonds is 4. The number of carbonyl (C=O) groups excluding carboxylic acids is 1. The van der Waals surface area contributed by atoms with E-state index < -0.39 is 6.03 Å². The molecule has 16 heavy (non-hydrogen) atoms. The minimum absolute atomic E-state index is 0.601. The van der Waals surface area contributed by atoms with E-state index >= 15 is 0 Å². The molecule has 2 amide bonds. The molecule has 86 valence electrons.